The number of carbonyl (C=O) groups is 1. The summed E-state index contributed by atoms with van der Waals surface area (Å²) >= 11 is 6.00. The van der Waals surface area contributed by atoms with Crippen LogP contribution in [0.1, 0.15) is 35.1 Å². The Hall–Kier alpha value is -2.14. The molecule has 1 unspecified atom stereocenters. The van der Waals surface area contributed by atoms with Crippen molar-refractivity contribution in [1.82, 2.24) is 20.6 Å². The van der Waals surface area contributed by atoms with Crippen LogP contribution in [0.15, 0.2) is 30.5 Å². The van der Waals surface area contributed by atoms with Gasteiger partial charge in [-0.15, -0.1) is 0 Å². The van der Waals surface area contributed by atoms with Crippen molar-refractivity contribution in [3.8, 4) is 0 Å². The highest BCUT2D eigenvalue weighted by atomic mass is 35.5. The van der Waals surface area contributed by atoms with Crippen LogP contribution in [0.2, 0.25) is 5.02 Å². The lowest BCUT2D eigenvalue weighted by molar-refractivity contribution is 0.236. The highest BCUT2D eigenvalue weighted by Crippen LogP contribution is 2.32. The summed E-state index contributed by atoms with van der Waals surface area (Å²) in [6.07, 6.45) is 3.52. The smallest absolute Gasteiger partial charge is 0.315 e. The Labute approximate surface area is 134 Å². The molecular formula is C16H17ClN4O. The molecule has 1 aliphatic carbocycles. The van der Waals surface area contributed by atoms with Gasteiger partial charge in [-0.3, -0.25) is 0 Å². The van der Waals surface area contributed by atoms with Gasteiger partial charge in [0.2, 0.25) is 0 Å². The fourth-order valence-electron chi connectivity index (χ4n) is 2.72. The quantitative estimate of drug-likeness (QED) is 0.915. The van der Waals surface area contributed by atoms with Gasteiger partial charge < -0.3 is 10.6 Å². The highest BCUT2D eigenvalue weighted by molar-refractivity contribution is 6.30. The van der Waals surface area contributed by atoms with E-state index < -0.39 is 0 Å². The SMILES string of the molecule is Cc1nccc(CNC(=O)NC2CCc3cc(Cl)ccc32)n1. The van der Waals surface area contributed by atoms with Gasteiger partial charge in [0.25, 0.3) is 0 Å². The number of amides is 2. The molecule has 2 aromatic rings. The number of aryl methyl sites for hydroxylation is 2. The Kier molecular flexibility index (Phi) is 4.24. The zero-order valence-corrected chi connectivity index (χ0v) is 13.0. The molecule has 22 heavy (non-hydrogen) atoms. The molecule has 2 N–H and O–H groups in total. The molecule has 0 spiro atoms. The van der Waals surface area contributed by atoms with E-state index >= 15 is 0 Å². The van der Waals surface area contributed by atoms with Gasteiger partial charge in [0.15, 0.2) is 0 Å². The second-order valence-electron chi connectivity index (χ2n) is 5.36. The van der Waals surface area contributed by atoms with Crippen LogP contribution in [0.25, 0.3) is 0 Å². The van der Waals surface area contributed by atoms with E-state index in [0.717, 1.165) is 29.1 Å². The number of hydrogen-bond acceptors (Lipinski definition) is 3. The molecule has 3 rings (SSSR count). The molecule has 114 valence electrons. The number of rotatable bonds is 3. The Bertz CT molecular complexity index is 704. The molecule has 0 bridgehead atoms. The second-order valence-corrected chi connectivity index (χ2v) is 5.79. The normalized spacial score (nSPS) is 16.2. The molecule has 0 aliphatic heterocycles. The van der Waals surface area contributed by atoms with Gasteiger partial charge >= 0.3 is 6.03 Å². The molecule has 2 amide bonds. The Morgan fingerprint density at radius 3 is 3.09 bits per heavy atom. The number of carbonyl (C=O) groups excluding carboxylic acids is 1. The lowest BCUT2D eigenvalue weighted by Gasteiger charge is -2.15. The largest absolute Gasteiger partial charge is 0.332 e. The average molecular weight is 317 g/mol. The van der Waals surface area contributed by atoms with E-state index in [9.17, 15) is 4.79 Å². The third kappa shape index (κ3) is 3.36. The number of nitrogens with zero attached hydrogens (tertiary/aromatic N) is 2. The maximum atomic E-state index is 12.0. The van der Waals surface area contributed by atoms with Gasteiger partial charge in [0.1, 0.15) is 5.82 Å². The Morgan fingerprint density at radius 1 is 1.41 bits per heavy atom. The van der Waals surface area contributed by atoms with Crippen LogP contribution < -0.4 is 10.6 Å². The van der Waals surface area contributed by atoms with Crippen molar-refractivity contribution in [1.29, 1.82) is 0 Å². The third-order valence-electron chi connectivity index (χ3n) is 3.75. The molecule has 0 saturated carbocycles. The molecule has 1 aromatic heterocycles. The molecular weight excluding hydrogens is 300 g/mol. The Balaban J connectivity index is 1.57. The van der Waals surface area contributed by atoms with Crippen LogP contribution in [0.5, 0.6) is 0 Å². The zero-order valence-electron chi connectivity index (χ0n) is 12.3. The van der Waals surface area contributed by atoms with E-state index in [1.807, 2.05) is 25.1 Å². The van der Waals surface area contributed by atoms with E-state index in [4.69, 9.17) is 11.6 Å². The van der Waals surface area contributed by atoms with Gasteiger partial charge in [0.05, 0.1) is 18.3 Å². The maximum absolute atomic E-state index is 12.0. The van der Waals surface area contributed by atoms with E-state index in [0.29, 0.717) is 12.4 Å². The van der Waals surface area contributed by atoms with Gasteiger partial charge in [-0.2, -0.15) is 0 Å². The van der Waals surface area contributed by atoms with Gasteiger partial charge in [-0.05, 0) is 49.1 Å². The summed E-state index contributed by atoms with van der Waals surface area (Å²) in [5.74, 6) is 0.696. The van der Waals surface area contributed by atoms with Crippen LogP contribution >= 0.6 is 11.6 Å². The monoisotopic (exact) mass is 316 g/mol. The first kappa shape index (κ1) is 14.8. The fourth-order valence-corrected chi connectivity index (χ4v) is 2.91. The van der Waals surface area contributed by atoms with Crippen molar-refractivity contribution in [2.45, 2.75) is 32.4 Å². The maximum Gasteiger partial charge on any atom is 0.315 e. The van der Waals surface area contributed by atoms with Gasteiger partial charge in [-0.25, -0.2) is 14.8 Å². The predicted octanol–water partition coefficient (Wildman–Crippen LogP) is 2.93. The molecule has 0 fully saturated rings. The topological polar surface area (TPSA) is 66.9 Å². The minimum Gasteiger partial charge on any atom is -0.332 e. The summed E-state index contributed by atoms with van der Waals surface area (Å²) in [6, 6.07) is 7.47. The molecule has 1 atom stereocenters. The van der Waals surface area contributed by atoms with Crippen molar-refractivity contribution in [3.63, 3.8) is 0 Å². The number of hydrogen-bond donors (Lipinski definition) is 2. The number of benzene rings is 1. The summed E-state index contributed by atoms with van der Waals surface area (Å²) in [6.45, 7) is 2.21. The van der Waals surface area contributed by atoms with Crippen molar-refractivity contribution >= 4 is 17.6 Å². The lowest BCUT2D eigenvalue weighted by Crippen LogP contribution is -2.37. The number of halogens is 1. The number of urea groups is 1. The van der Waals surface area contributed by atoms with E-state index in [2.05, 4.69) is 20.6 Å². The average Bonchev–Trinajstić information content (AvgIpc) is 2.87. The minimum atomic E-state index is -0.191. The minimum absolute atomic E-state index is 0.0411. The standard InChI is InChI=1S/C16H17ClN4O/c1-10-18-7-6-13(20-10)9-19-16(22)21-15-5-2-11-8-12(17)3-4-14(11)15/h3-4,6-8,15H,2,5,9H2,1H3,(H2,19,21,22). The molecule has 1 aliphatic rings. The lowest BCUT2D eigenvalue weighted by atomic mass is 10.1. The molecule has 1 heterocycles. The van der Waals surface area contributed by atoms with Crippen LogP contribution in [0, 0.1) is 6.92 Å². The molecule has 0 saturated heterocycles. The van der Waals surface area contributed by atoms with Crippen molar-refractivity contribution in [2.24, 2.45) is 0 Å². The van der Waals surface area contributed by atoms with Crippen LogP contribution in [-0.2, 0) is 13.0 Å². The van der Waals surface area contributed by atoms with Crippen LogP contribution in [-0.4, -0.2) is 16.0 Å². The first-order valence-corrected chi connectivity index (χ1v) is 7.61. The summed E-state index contributed by atoms with van der Waals surface area (Å²) in [4.78, 5) is 20.3. The number of nitrogens with one attached hydrogen (secondary N) is 2. The summed E-state index contributed by atoms with van der Waals surface area (Å²) in [7, 11) is 0. The fraction of sp³-hybridized carbons (Fsp3) is 0.312. The zero-order chi connectivity index (χ0) is 15.5. The van der Waals surface area contributed by atoms with Crippen molar-refractivity contribution in [2.75, 3.05) is 0 Å². The summed E-state index contributed by atoms with van der Waals surface area (Å²) < 4.78 is 0. The summed E-state index contributed by atoms with van der Waals surface area (Å²) in [5.41, 5.74) is 3.16. The number of aromatic nitrogens is 2. The van der Waals surface area contributed by atoms with Gasteiger partial charge in [-0.1, -0.05) is 17.7 Å². The highest BCUT2D eigenvalue weighted by Gasteiger charge is 2.23. The third-order valence-corrected chi connectivity index (χ3v) is 3.99. The second kappa shape index (κ2) is 6.32. The first-order valence-electron chi connectivity index (χ1n) is 7.23. The van der Waals surface area contributed by atoms with Crippen LogP contribution in [0.3, 0.4) is 0 Å². The van der Waals surface area contributed by atoms with E-state index in [1.165, 1.54) is 5.56 Å². The molecule has 1 aromatic carbocycles. The van der Waals surface area contributed by atoms with Gasteiger partial charge in [0, 0.05) is 11.2 Å². The van der Waals surface area contributed by atoms with Crippen molar-refractivity contribution in [3.05, 3.63) is 58.1 Å². The van der Waals surface area contributed by atoms with E-state index in [1.54, 1.807) is 12.3 Å². The summed E-state index contributed by atoms with van der Waals surface area (Å²) in [5, 5.41) is 6.57. The first-order chi connectivity index (χ1) is 10.6. The predicted molar refractivity (Wildman–Crippen MR) is 84.7 cm³/mol. The molecule has 5 nitrogen and oxygen atoms in total. The Morgan fingerprint density at radius 2 is 2.27 bits per heavy atom. The molecule has 0 radical (unpaired) electrons. The van der Waals surface area contributed by atoms with Crippen molar-refractivity contribution < 1.29 is 4.79 Å². The van der Waals surface area contributed by atoms with E-state index in [-0.39, 0.29) is 12.1 Å². The van der Waals surface area contributed by atoms with Crippen LogP contribution in [0.4, 0.5) is 4.79 Å². The number of fused-ring (bicyclic) bond motifs is 1. The molecule has 6 heteroatoms.